The van der Waals surface area contributed by atoms with Crippen molar-refractivity contribution in [3.63, 3.8) is 0 Å². The summed E-state index contributed by atoms with van der Waals surface area (Å²) in [6.07, 6.45) is 4.44. The van der Waals surface area contributed by atoms with Crippen LogP contribution in [0.2, 0.25) is 0 Å². The lowest BCUT2D eigenvalue weighted by Gasteiger charge is -2.16. The number of para-hydroxylation sites is 1. The van der Waals surface area contributed by atoms with Crippen molar-refractivity contribution < 1.29 is 4.74 Å². The summed E-state index contributed by atoms with van der Waals surface area (Å²) < 4.78 is 5.68. The molecule has 2 nitrogen and oxygen atoms in total. The zero-order chi connectivity index (χ0) is 12.3. The van der Waals surface area contributed by atoms with Crippen molar-refractivity contribution in [3.8, 4) is 5.75 Å². The molecule has 1 aromatic carbocycles. The second kappa shape index (κ2) is 9.37. The van der Waals surface area contributed by atoms with E-state index in [0.717, 1.165) is 25.3 Å². The van der Waals surface area contributed by atoms with E-state index in [1.807, 2.05) is 42.1 Å². The van der Waals surface area contributed by atoms with Gasteiger partial charge < -0.3 is 10.1 Å². The quantitative estimate of drug-likeness (QED) is 0.683. The first-order valence-corrected chi connectivity index (χ1v) is 7.66. The van der Waals surface area contributed by atoms with Gasteiger partial charge in [-0.1, -0.05) is 25.1 Å². The largest absolute Gasteiger partial charge is 0.494 e. The number of rotatable bonds is 9. The molecule has 0 aliphatic rings. The van der Waals surface area contributed by atoms with E-state index in [4.69, 9.17) is 4.74 Å². The van der Waals surface area contributed by atoms with Crippen LogP contribution in [-0.4, -0.2) is 31.2 Å². The molecule has 96 valence electrons. The van der Waals surface area contributed by atoms with Crippen LogP contribution in [0.5, 0.6) is 5.75 Å². The molecule has 1 rings (SSSR count). The maximum atomic E-state index is 5.68. The Morgan fingerprint density at radius 3 is 2.71 bits per heavy atom. The molecule has 1 aromatic rings. The Balaban J connectivity index is 2.13. The number of hydrogen-bond donors (Lipinski definition) is 1. The molecule has 0 aliphatic heterocycles. The molecule has 0 radical (unpaired) electrons. The summed E-state index contributed by atoms with van der Waals surface area (Å²) in [4.78, 5) is 0. The van der Waals surface area contributed by atoms with Crippen LogP contribution < -0.4 is 10.1 Å². The molecular formula is C14H23NOS. The highest BCUT2D eigenvalue weighted by Crippen LogP contribution is 2.10. The van der Waals surface area contributed by atoms with Gasteiger partial charge in [-0.25, -0.2) is 0 Å². The average Bonchev–Trinajstić information content (AvgIpc) is 2.36. The van der Waals surface area contributed by atoms with Crippen LogP contribution in [0, 0.1) is 0 Å². The first-order chi connectivity index (χ1) is 8.36. The van der Waals surface area contributed by atoms with E-state index < -0.39 is 0 Å². The molecular weight excluding hydrogens is 230 g/mol. The Bertz CT molecular complexity index is 273. The van der Waals surface area contributed by atoms with Gasteiger partial charge in [0.25, 0.3) is 0 Å². The number of nitrogens with one attached hydrogen (secondary N) is 1. The Hall–Kier alpha value is -0.670. The fraction of sp³-hybridized carbons (Fsp3) is 0.571. The lowest BCUT2D eigenvalue weighted by Crippen LogP contribution is -2.31. The van der Waals surface area contributed by atoms with Crippen molar-refractivity contribution in [1.29, 1.82) is 0 Å². The summed E-state index contributed by atoms with van der Waals surface area (Å²) in [6.45, 7) is 4.01. The maximum absolute atomic E-state index is 5.68. The molecule has 17 heavy (non-hydrogen) atoms. The summed E-state index contributed by atoms with van der Waals surface area (Å²) in [5.74, 6) is 2.15. The van der Waals surface area contributed by atoms with Gasteiger partial charge in [0.05, 0.1) is 6.61 Å². The van der Waals surface area contributed by atoms with Crippen molar-refractivity contribution in [2.45, 2.75) is 25.8 Å². The van der Waals surface area contributed by atoms with Crippen molar-refractivity contribution in [2.24, 2.45) is 0 Å². The molecule has 0 fully saturated rings. The van der Waals surface area contributed by atoms with E-state index in [2.05, 4.69) is 18.5 Å². The Morgan fingerprint density at radius 1 is 1.29 bits per heavy atom. The van der Waals surface area contributed by atoms with Gasteiger partial charge in [0.15, 0.2) is 0 Å². The summed E-state index contributed by atoms with van der Waals surface area (Å²) in [6, 6.07) is 10.6. The van der Waals surface area contributed by atoms with Crippen LogP contribution in [0.25, 0.3) is 0 Å². The molecule has 0 aromatic heterocycles. The molecule has 0 saturated carbocycles. The Morgan fingerprint density at radius 2 is 2.06 bits per heavy atom. The monoisotopic (exact) mass is 253 g/mol. The predicted molar refractivity (Wildman–Crippen MR) is 77.0 cm³/mol. The molecule has 0 saturated heterocycles. The van der Waals surface area contributed by atoms with E-state index in [9.17, 15) is 0 Å². The van der Waals surface area contributed by atoms with Crippen molar-refractivity contribution >= 4 is 11.8 Å². The van der Waals surface area contributed by atoms with Gasteiger partial charge in [-0.05, 0) is 37.8 Å². The van der Waals surface area contributed by atoms with Crippen molar-refractivity contribution in [2.75, 3.05) is 25.2 Å². The molecule has 0 spiro atoms. The highest BCUT2D eigenvalue weighted by atomic mass is 32.2. The third-order valence-electron chi connectivity index (χ3n) is 2.57. The second-order valence-corrected chi connectivity index (χ2v) is 4.92. The van der Waals surface area contributed by atoms with E-state index in [0.29, 0.717) is 6.04 Å². The van der Waals surface area contributed by atoms with Gasteiger partial charge in [0.2, 0.25) is 0 Å². The van der Waals surface area contributed by atoms with Crippen LogP contribution in [0.15, 0.2) is 30.3 Å². The topological polar surface area (TPSA) is 21.3 Å². The molecule has 0 heterocycles. The minimum absolute atomic E-state index is 0.620. The summed E-state index contributed by atoms with van der Waals surface area (Å²) in [5, 5.41) is 3.51. The van der Waals surface area contributed by atoms with Gasteiger partial charge in [-0.15, -0.1) is 0 Å². The van der Waals surface area contributed by atoms with Crippen LogP contribution >= 0.6 is 11.8 Å². The lowest BCUT2D eigenvalue weighted by atomic mass is 10.2. The first-order valence-electron chi connectivity index (χ1n) is 6.27. The fourth-order valence-electron chi connectivity index (χ4n) is 1.77. The number of thioether (sulfide) groups is 1. The van der Waals surface area contributed by atoms with E-state index in [1.54, 1.807) is 0 Å². The molecule has 0 aliphatic carbocycles. The SMILES string of the molecule is CCNC(CCCOc1ccccc1)CSC. The van der Waals surface area contributed by atoms with Crippen molar-refractivity contribution in [1.82, 2.24) is 5.32 Å². The molecule has 0 amide bonds. The van der Waals surface area contributed by atoms with Crippen LogP contribution in [0.4, 0.5) is 0 Å². The zero-order valence-electron chi connectivity index (χ0n) is 10.8. The Kier molecular flexibility index (Phi) is 7.93. The summed E-state index contributed by atoms with van der Waals surface area (Å²) in [5.41, 5.74) is 0. The standard InChI is InChI=1S/C14H23NOS/c1-3-15-13(12-17-2)8-7-11-16-14-9-5-4-6-10-14/h4-6,9-10,13,15H,3,7-8,11-12H2,1-2H3. The van der Waals surface area contributed by atoms with Gasteiger partial charge in [-0.2, -0.15) is 11.8 Å². The van der Waals surface area contributed by atoms with Gasteiger partial charge >= 0.3 is 0 Å². The predicted octanol–water partition coefficient (Wildman–Crippen LogP) is 3.19. The lowest BCUT2D eigenvalue weighted by molar-refractivity contribution is 0.299. The van der Waals surface area contributed by atoms with E-state index in [1.165, 1.54) is 12.2 Å². The smallest absolute Gasteiger partial charge is 0.119 e. The molecule has 1 N–H and O–H groups in total. The molecule has 3 heteroatoms. The normalized spacial score (nSPS) is 12.4. The Labute approximate surface area is 109 Å². The fourth-order valence-corrected chi connectivity index (χ4v) is 2.46. The first kappa shape index (κ1) is 14.4. The average molecular weight is 253 g/mol. The van der Waals surface area contributed by atoms with Crippen LogP contribution in [-0.2, 0) is 0 Å². The molecule has 0 bridgehead atoms. The minimum Gasteiger partial charge on any atom is -0.494 e. The van der Waals surface area contributed by atoms with Crippen LogP contribution in [0.1, 0.15) is 19.8 Å². The summed E-state index contributed by atoms with van der Waals surface area (Å²) in [7, 11) is 0. The zero-order valence-corrected chi connectivity index (χ0v) is 11.6. The minimum atomic E-state index is 0.620. The van der Waals surface area contributed by atoms with E-state index in [-0.39, 0.29) is 0 Å². The van der Waals surface area contributed by atoms with Gasteiger partial charge in [0.1, 0.15) is 5.75 Å². The second-order valence-electron chi connectivity index (χ2n) is 4.01. The van der Waals surface area contributed by atoms with Gasteiger partial charge in [-0.3, -0.25) is 0 Å². The third-order valence-corrected chi connectivity index (χ3v) is 3.31. The highest BCUT2D eigenvalue weighted by molar-refractivity contribution is 7.98. The maximum Gasteiger partial charge on any atom is 0.119 e. The number of ether oxygens (including phenoxy) is 1. The molecule has 1 atom stereocenters. The van der Waals surface area contributed by atoms with Crippen molar-refractivity contribution in [3.05, 3.63) is 30.3 Å². The van der Waals surface area contributed by atoms with Crippen LogP contribution in [0.3, 0.4) is 0 Å². The molecule has 1 unspecified atom stereocenters. The van der Waals surface area contributed by atoms with E-state index >= 15 is 0 Å². The number of benzene rings is 1. The van der Waals surface area contributed by atoms with Gasteiger partial charge in [0, 0.05) is 11.8 Å². The number of hydrogen-bond acceptors (Lipinski definition) is 3. The highest BCUT2D eigenvalue weighted by Gasteiger charge is 2.05. The summed E-state index contributed by atoms with van der Waals surface area (Å²) >= 11 is 1.90. The third kappa shape index (κ3) is 6.59.